The number of amides is 2. The normalized spacial score (nSPS) is 14.7. The van der Waals surface area contributed by atoms with Crippen molar-refractivity contribution in [3.05, 3.63) is 65.2 Å². The lowest BCUT2D eigenvalue weighted by Crippen LogP contribution is -2.47. The lowest BCUT2D eigenvalue weighted by atomic mass is 10.0. The molecule has 2 amide bonds. The molecule has 0 atom stereocenters. The summed E-state index contributed by atoms with van der Waals surface area (Å²) in [4.78, 5) is 29.4. The predicted molar refractivity (Wildman–Crippen MR) is 122 cm³/mol. The zero-order chi connectivity index (χ0) is 21.3. The van der Waals surface area contributed by atoms with Crippen LogP contribution in [0.5, 0.6) is 0 Å². The number of nitrogens with one attached hydrogen (secondary N) is 1. The summed E-state index contributed by atoms with van der Waals surface area (Å²) in [7, 11) is 0. The first-order valence-corrected chi connectivity index (χ1v) is 11.1. The number of nitrogens with zero attached hydrogens (tertiary/aromatic N) is 2. The Hall–Kier alpha value is -2.37. The first-order chi connectivity index (χ1) is 14.6. The highest BCUT2D eigenvalue weighted by molar-refractivity contribution is 6.33. The second kappa shape index (κ2) is 11.1. The molecule has 0 aromatic heterocycles. The van der Waals surface area contributed by atoms with Gasteiger partial charge in [0.25, 0.3) is 5.91 Å². The van der Waals surface area contributed by atoms with E-state index in [2.05, 4.69) is 17.1 Å². The highest BCUT2D eigenvalue weighted by Gasteiger charge is 2.27. The second-order valence-corrected chi connectivity index (χ2v) is 8.11. The molecule has 0 bridgehead atoms. The summed E-state index contributed by atoms with van der Waals surface area (Å²) < 4.78 is 0. The van der Waals surface area contributed by atoms with Gasteiger partial charge >= 0.3 is 0 Å². The number of benzene rings is 2. The molecule has 1 N–H and O–H groups in total. The number of carbonyl (C=O) groups excluding carboxylic acids is 2. The zero-order valence-electron chi connectivity index (χ0n) is 17.5. The van der Waals surface area contributed by atoms with Gasteiger partial charge in [0.05, 0.1) is 10.7 Å². The van der Waals surface area contributed by atoms with E-state index in [-0.39, 0.29) is 11.8 Å². The van der Waals surface area contributed by atoms with E-state index in [1.54, 1.807) is 6.07 Å². The molecule has 0 saturated carbocycles. The van der Waals surface area contributed by atoms with E-state index < -0.39 is 0 Å². The van der Waals surface area contributed by atoms with Crippen LogP contribution in [0.2, 0.25) is 5.02 Å². The summed E-state index contributed by atoms with van der Waals surface area (Å²) in [6, 6.07) is 17.1. The number of piperidine rings is 1. The third-order valence-electron chi connectivity index (χ3n) is 5.57. The van der Waals surface area contributed by atoms with E-state index in [0.717, 1.165) is 44.5 Å². The van der Waals surface area contributed by atoms with Crippen LogP contribution < -0.4 is 5.32 Å². The van der Waals surface area contributed by atoms with Gasteiger partial charge in [-0.1, -0.05) is 48.9 Å². The molecular formula is C24H30ClN3O2. The third-order valence-corrected chi connectivity index (χ3v) is 5.90. The van der Waals surface area contributed by atoms with E-state index in [1.807, 2.05) is 53.4 Å². The molecule has 6 heteroatoms. The minimum atomic E-state index is -0.0269. The van der Waals surface area contributed by atoms with Crippen molar-refractivity contribution in [2.75, 3.05) is 31.5 Å². The summed E-state index contributed by atoms with van der Waals surface area (Å²) in [6.45, 7) is 5.33. The van der Waals surface area contributed by atoms with Gasteiger partial charge in [-0.05, 0) is 50.1 Å². The molecule has 0 spiro atoms. The van der Waals surface area contributed by atoms with Crippen molar-refractivity contribution in [3.8, 4) is 0 Å². The smallest absolute Gasteiger partial charge is 0.253 e. The van der Waals surface area contributed by atoms with E-state index in [1.165, 1.54) is 0 Å². The molecular weight excluding hydrogens is 398 g/mol. The van der Waals surface area contributed by atoms with Gasteiger partial charge < -0.3 is 10.2 Å². The molecule has 2 aromatic rings. The number of hydrogen-bond acceptors (Lipinski definition) is 3. The maximum atomic E-state index is 12.7. The lowest BCUT2D eigenvalue weighted by molar-refractivity contribution is -0.116. The fraction of sp³-hybridized carbons (Fsp3) is 0.417. The molecule has 1 aliphatic rings. The summed E-state index contributed by atoms with van der Waals surface area (Å²) >= 11 is 6.13. The van der Waals surface area contributed by atoms with E-state index >= 15 is 0 Å². The van der Waals surface area contributed by atoms with Crippen LogP contribution in [0.15, 0.2) is 54.6 Å². The summed E-state index contributed by atoms with van der Waals surface area (Å²) in [5.74, 6) is 0.0797. The fourth-order valence-electron chi connectivity index (χ4n) is 3.98. The zero-order valence-corrected chi connectivity index (χ0v) is 18.3. The quantitative estimate of drug-likeness (QED) is 0.665. The Morgan fingerprint density at radius 1 is 1.03 bits per heavy atom. The lowest BCUT2D eigenvalue weighted by Gasteiger charge is -2.38. The molecule has 0 radical (unpaired) electrons. The maximum Gasteiger partial charge on any atom is 0.253 e. The predicted octanol–water partition coefficient (Wildman–Crippen LogP) is 4.69. The highest BCUT2D eigenvalue weighted by Crippen LogP contribution is 2.22. The Kier molecular flexibility index (Phi) is 8.29. The van der Waals surface area contributed by atoms with Crippen molar-refractivity contribution in [3.63, 3.8) is 0 Å². The molecule has 1 saturated heterocycles. The minimum absolute atomic E-state index is 0.0269. The van der Waals surface area contributed by atoms with Gasteiger partial charge in [0, 0.05) is 37.7 Å². The Morgan fingerprint density at radius 3 is 2.37 bits per heavy atom. The van der Waals surface area contributed by atoms with Crippen molar-refractivity contribution in [1.29, 1.82) is 0 Å². The van der Waals surface area contributed by atoms with E-state index in [0.29, 0.717) is 29.7 Å². The average Bonchev–Trinajstić information content (AvgIpc) is 2.78. The van der Waals surface area contributed by atoms with Crippen LogP contribution in [0.3, 0.4) is 0 Å². The molecule has 160 valence electrons. The molecule has 3 rings (SSSR count). The van der Waals surface area contributed by atoms with Crippen molar-refractivity contribution in [2.45, 2.75) is 38.6 Å². The van der Waals surface area contributed by atoms with Gasteiger partial charge in [0.2, 0.25) is 5.91 Å². The Morgan fingerprint density at radius 2 is 1.70 bits per heavy atom. The number of hydrogen-bond donors (Lipinski definition) is 1. The largest absolute Gasteiger partial charge is 0.339 e. The van der Waals surface area contributed by atoms with Crippen LogP contribution in [0.4, 0.5) is 5.69 Å². The number of para-hydroxylation sites is 1. The molecule has 1 heterocycles. The van der Waals surface area contributed by atoms with Gasteiger partial charge in [-0.3, -0.25) is 14.5 Å². The molecule has 0 aliphatic carbocycles. The minimum Gasteiger partial charge on any atom is -0.339 e. The highest BCUT2D eigenvalue weighted by atomic mass is 35.5. The average molecular weight is 428 g/mol. The third kappa shape index (κ3) is 6.07. The molecule has 5 nitrogen and oxygen atoms in total. The molecule has 0 unspecified atom stereocenters. The number of carbonyl (C=O) groups is 2. The molecule has 1 aliphatic heterocycles. The molecule has 2 aromatic carbocycles. The van der Waals surface area contributed by atoms with E-state index in [9.17, 15) is 9.59 Å². The van der Waals surface area contributed by atoms with Crippen LogP contribution in [0.1, 0.15) is 43.0 Å². The number of anilines is 1. The van der Waals surface area contributed by atoms with Crippen LogP contribution in [-0.4, -0.2) is 53.8 Å². The SMILES string of the molecule is CCCN(CCC(=O)Nc1ccccc1Cl)C1CCN(C(=O)c2ccccc2)CC1. The topological polar surface area (TPSA) is 52.7 Å². The van der Waals surface area contributed by atoms with Gasteiger partial charge in [-0.25, -0.2) is 0 Å². The Bertz CT molecular complexity index is 835. The van der Waals surface area contributed by atoms with Crippen LogP contribution in [0, 0.1) is 0 Å². The van der Waals surface area contributed by atoms with Gasteiger partial charge in [-0.15, -0.1) is 0 Å². The standard InChI is InChI=1S/C24H30ClN3O2/c1-2-15-27(18-14-23(29)26-22-11-7-6-10-21(22)25)20-12-16-28(17-13-20)24(30)19-8-4-3-5-9-19/h3-11,20H,2,12-18H2,1H3,(H,26,29). The van der Waals surface area contributed by atoms with Crippen LogP contribution in [0.25, 0.3) is 0 Å². The Labute approximate surface area is 184 Å². The van der Waals surface area contributed by atoms with E-state index in [4.69, 9.17) is 11.6 Å². The van der Waals surface area contributed by atoms with Crippen molar-refractivity contribution in [2.24, 2.45) is 0 Å². The van der Waals surface area contributed by atoms with Crippen LogP contribution >= 0.6 is 11.6 Å². The fourth-order valence-corrected chi connectivity index (χ4v) is 4.16. The summed E-state index contributed by atoms with van der Waals surface area (Å²) in [6.07, 6.45) is 3.33. The second-order valence-electron chi connectivity index (χ2n) is 7.70. The number of rotatable bonds is 8. The first-order valence-electron chi connectivity index (χ1n) is 10.7. The van der Waals surface area contributed by atoms with Gasteiger partial charge in [0.1, 0.15) is 0 Å². The van der Waals surface area contributed by atoms with Crippen LogP contribution in [-0.2, 0) is 4.79 Å². The van der Waals surface area contributed by atoms with Gasteiger partial charge in [0.15, 0.2) is 0 Å². The van der Waals surface area contributed by atoms with Gasteiger partial charge in [-0.2, -0.15) is 0 Å². The maximum absolute atomic E-state index is 12.7. The summed E-state index contributed by atoms with van der Waals surface area (Å²) in [5, 5.41) is 3.45. The molecule has 30 heavy (non-hydrogen) atoms. The van der Waals surface area contributed by atoms with Crippen molar-refractivity contribution < 1.29 is 9.59 Å². The monoisotopic (exact) mass is 427 g/mol. The van der Waals surface area contributed by atoms with Crippen molar-refractivity contribution in [1.82, 2.24) is 9.80 Å². The Balaban J connectivity index is 1.50. The summed E-state index contributed by atoms with van der Waals surface area (Å²) in [5.41, 5.74) is 1.40. The first kappa shape index (κ1) is 22.3. The van der Waals surface area contributed by atoms with Crippen molar-refractivity contribution >= 4 is 29.1 Å². The number of halogens is 1. The molecule has 1 fully saturated rings. The number of likely N-dealkylation sites (tertiary alicyclic amines) is 1.